The maximum Gasteiger partial charge on any atom is 0.303 e. The number of hydrogen-bond acceptors (Lipinski definition) is 4. The number of carbonyl (C=O) groups is 2. The van der Waals surface area contributed by atoms with E-state index in [2.05, 4.69) is 0 Å². The second kappa shape index (κ2) is 5.81. The molecule has 0 aromatic carbocycles. The van der Waals surface area contributed by atoms with Gasteiger partial charge >= 0.3 is 5.97 Å². The zero-order valence-corrected chi connectivity index (χ0v) is 9.39. The lowest BCUT2D eigenvalue weighted by Gasteiger charge is -2.26. The third-order valence-corrected chi connectivity index (χ3v) is 2.79. The van der Waals surface area contributed by atoms with Gasteiger partial charge in [0.15, 0.2) is 0 Å². The van der Waals surface area contributed by atoms with Gasteiger partial charge in [-0.25, -0.2) is 0 Å². The Balaban J connectivity index is 2.39. The summed E-state index contributed by atoms with van der Waals surface area (Å²) in [6.07, 6.45) is 0.905. The summed E-state index contributed by atoms with van der Waals surface area (Å²) >= 11 is 0. The summed E-state index contributed by atoms with van der Waals surface area (Å²) in [5, 5.41) is 8.49. The third-order valence-electron chi connectivity index (χ3n) is 2.79. The summed E-state index contributed by atoms with van der Waals surface area (Å²) in [5.74, 6) is -1.15. The fourth-order valence-corrected chi connectivity index (χ4v) is 1.67. The van der Waals surface area contributed by atoms with E-state index in [1.807, 2.05) is 0 Å². The first-order valence-corrected chi connectivity index (χ1v) is 5.34. The number of rotatable bonds is 5. The van der Waals surface area contributed by atoms with Crippen LogP contribution in [0.25, 0.3) is 0 Å². The van der Waals surface area contributed by atoms with E-state index >= 15 is 0 Å². The van der Waals surface area contributed by atoms with Gasteiger partial charge in [-0.3, -0.25) is 9.59 Å². The molecule has 2 unspecified atom stereocenters. The molecule has 3 N–H and O–H groups in total. The summed E-state index contributed by atoms with van der Waals surface area (Å²) in [5.41, 5.74) is 5.64. The molecule has 0 spiro atoms. The van der Waals surface area contributed by atoms with Gasteiger partial charge < -0.3 is 20.5 Å². The van der Waals surface area contributed by atoms with E-state index in [1.54, 1.807) is 11.9 Å². The molecule has 0 bridgehead atoms. The molecular formula is C10H18N2O4. The number of ether oxygens (including phenoxy) is 1. The molecule has 0 radical (unpaired) electrons. The van der Waals surface area contributed by atoms with E-state index in [-0.39, 0.29) is 24.8 Å². The number of carboxylic acid groups (broad SMARTS) is 1. The Hall–Kier alpha value is -1.14. The number of hydrogen-bond donors (Lipinski definition) is 2. The van der Waals surface area contributed by atoms with E-state index < -0.39 is 12.0 Å². The van der Waals surface area contributed by atoms with E-state index in [4.69, 9.17) is 15.6 Å². The van der Waals surface area contributed by atoms with Gasteiger partial charge in [-0.05, 0) is 12.8 Å². The molecule has 0 aromatic rings. The molecule has 2 atom stereocenters. The Kier molecular flexibility index (Phi) is 4.70. The van der Waals surface area contributed by atoms with Gasteiger partial charge in [0, 0.05) is 20.1 Å². The van der Waals surface area contributed by atoms with Crippen molar-refractivity contribution in [2.45, 2.75) is 31.3 Å². The van der Waals surface area contributed by atoms with Crippen molar-refractivity contribution in [2.24, 2.45) is 5.73 Å². The van der Waals surface area contributed by atoms with Crippen LogP contribution in [0.4, 0.5) is 0 Å². The highest BCUT2D eigenvalue weighted by Gasteiger charge is 2.27. The average Bonchev–Trinajstić information content (AvgIpc) is 2.77. The SMILES string of the molecule is CN(C(=O)C(N)CCC(=O)O)C1CCOC1. The Morgan fingerprint density at radius 1 is 1.62 bits per heavy atom. The normalized spacial score (nSPS) is 21.8. The molecule has 1 aliphatic heterocycles. The van der Waals surface area contributed by atoms with Crippen molar-refractivity contribution in [2.75, 3.05) is 20.3 Å². The zero-order chi connectivity index (χ0) is 12.1. The van der Waals surface area contributed by atoms with E-state index in [1.165, 1.54) is 0 Å². The predicted octanol–water partition coefficient (Wildman–Crippen LogP) is -0.574. The first-order chi connectivity index (χ1) is 7.52. The smallest absolute Gasteiger partial charge is 0.303 e. The molecular weight excluding hydrogens is 212 g/mol. The van der Waals surface area contributed by atoms with Crippen LogP contribution in [-0.2, 0) is 14.3 Å². The topological polar surface area (TPSA) is 92.9 Å². The molecule has 16 heavy (non-hydrogen) atoms. The minimum absolute atomic E-state index is 0.0726. The molecule has 6 heteroatoms. The van der Waals surface area contributed by atoms with Gasteiger partial charge in [0.1, 0.15) is 0 Å². The summed E-state index contributed by atoms with van der Waals surface area (Å²) in [7, 11) is 1.68. The van der Waals surface area contributed by atoms with Gasteiger partial charge in [0.2, 0.25) is 5.91 Å². The fraction of sp³-hybridized carbons (Fsp3) is 0.800. The molecule has 1 fully saturated rings. The standard InChI is InChI=1S/C10H18N2O4/c1-12(7-4-5-16-6-7)10(15)8(11)2-3-9(13)14/h7-8H,2-6,11H2,1H3,(H,13,14). The van der Waals surface area contributed by atoms with Crippen LogP contribution < -0.4 is 5.73 Å². The van der Waals surface area contributed by atoms with E-state index in [9.17, 15) is 9.59 Å². The van der Waals surface area contributed by atoms with Gasteiger partial charge in [0.05, 0.1) is 18.7 Å². The van der Waals surface area contributed by atoms with Crippen molar-refractivity contribution in [3.63, 3.8) is 0 Å². The summed E-state index contributed by atoms with van der Waals surface area (Å²) < 4.78 is 5.18. The summed E-state index contributed by atoms with van der Waals surface area (Å²) in [6.45, 7) is 1.19. The number of carboxylic acids is 1. The fourth-order valence-electron chi connectivity index (χ4n) is 1.67. The van der Waals surface area contributed by atoms with Crippen molar-refractivity contribution in [3.8, 4) is 0 Å². The Bertz CT molecular complexity index is 264. The van der Waals surface area contributed by atoms with Gasteiger partial charge in [0.25, 0.3) is 0 Å². The first kappa shape index (κ1) is 12.9. The number of nitrogens with two attached hydrogens (primary N) is 1. The van der Waals surface area contributed by atoms with Crippen LogP contribution in [0.1, 0.15) is 19.3 Å². The second-order valence-corrected chi connectivity index (χ2v) is 4.01. The zero-order valence-electron chi connectivity index (χ0n) is 9.39. The molecule has 1 saturated heterocycles. The van der Waals surface area contributed by atoms with Crippen molar-refractivity contribution >= 4 is 11.9 Å². The molecule has 92 valence electrons. The monoisotopic (exact) mass is 230 g/mol. The van der Waals surface area contributed by atoms with Gasteiger partial charge in [-0.2, -0.15) is 0 Å². The predicted molar refractivity (Wildman–Crippen MR) is 56.8 cm³/mol. The average molecular weight is 230 g/mol. The maximum atomic E-state index is 11.8. The van der Waals surface area contributed by atoms with Gasteiger partial charge in [-0.1, -0.05) is 0 Å². The molecule has 0 aliphatic carbocycles. The van der Waals surface area contributed by atoms with E-state index in [0.717, 1.165) is 6.42 Å². The van der Waals surface area contributed by atoms with Crippen LogP contribution in [0.3, 0.4) is 0 Å². The molecule has 1 aliphatic rings. The van der Waals surface area contributed by atoms with Gasteiger partial charge in [-0.15, -0.1) is 0 Å². The number of carbonyl (C=O) groups excluding carboxylic acids is 1. The lowest BCUT2D eigenvalue weighted by molar-refractivity contribution is -0.137. The highest BCUT2D eigenvalue weighted by molar-refractivity contribution is 5.82. The molecule has 1 rings (SSSR count). The maximum absolute atomic E-state index is 11.8. The molecule has 1 amide bonds. The van der Waals surface area contributed by atoms with E-state index in [0.29, 0.717) is 13.2 Å². The van der Waals surface area contributed by atoms with Crippen LogP contribution >= 0.6 is 0 Å². The van der Waals surface area contributed by atoms with Crippen LogP contribution in [0.15, 0.2) is 0 Å². The Morgan fingerprint density at radius 3 is 2.81 bits per heavy atom. The highest BCUT2D eigenvalue weighted by atomic mass is 16.5. The lowest BCUT2D eigenvalue weighted by atomic mass is 10.1. The quantitative estimate of drug-likeness (QED) is 0.659. The van der Waals surface area contributed by atoms with Crippen molar-refractivity contribution < 1.29 is 19.4 Å². The van der Waals surface area contributed by atoms with Crippen molar-refractivity contribution in [3.05, 3.63) is 0 Å². The summed E-state index contributed by atoms with van der Waals surface area (Å²) in [6, 6.07) is -0.662. The summed E-state index contributed by atoms with van der Waals surface area (Å²) in [4.78, 5) is 23.7. The highest BCUT2D eigenvalue weighted by Crippen LogP contribution is 2.12. The minimum atomic E-state index is -0.935. The number of nitrogens with zero attached hydrogens (tertiary/aromatic N) is 1. The van der Waals surface area contributed by atoms with Crippen LogP contribution in [0.2, 0.25) is 0 Å². The largest absolute Gasteiger partial charge is 0.481 e. The lowest BCUT2D eigenvalue weighted by Crippen LogP contribution is -2.46. The van der Waals surface area contributed by atoms with Crippen LogP contribution in [-0.4, -0.2) is 54.2 Å². The number of aliphatic carboxylic acids is 1. The molecule has 1 heterocycles. The Labute approximate surface area is 94.3 Å². The second-order valence-electron chi connectivity index (χ2n) is 4.01. The third kappa shape index (κ3) is 3.46. The molecule has 0 saturated carbocycles. The molecule has 6 nitrogen and oxygen atoms in total. The van der Waals surface area contributed by atoms with Crippen molar-refractivity contribution in [1.29, 1.82) is 0 Å². The van der Waals surface area contributed by atoms with Crippen LogP contribution in [0, 0.1) is 0 Å². The Morgan fingerprint density at radius 2 is 2.31 bits per heavy atom. The number of amides is 1. The minimum Gasteiger partial charge on any atom is -0.481 e. The number of likely N-dealkylation sites (N-methyl/N-ethyl adjacent to an activating group) is 1. The van der Waals surface area contributed by atoms with Crippen LogP contribution in [0.5, 0.6) is 0 Å². The first-order valence-electron chi connectivity index (χ1n) is 5.34. The van der Waals surface area contributed by atoms with Crippen molar-refractivity contribution in [1.82, 2.24) is 4.90 Å². The molecule has 0 aromatic heterocycles.